The number of aryl methyl sites for hydroxylation is 1. The van der Waals surface area contributed by atoms with E-state index in [1.54, 1.807) is 32.4 Å². The van der Waals surface area contributed by atoms with E-state index in [4.69, 9.17) is 14.5 Å². The van der Waals surface area contributed by atoms with Crippen molar-refractivity contribution in [3.8, 4) is 11.5 Å². The summed E-state index contributed by atoms with van der Waals surface area (Å²) in [5.41, 5.74) is 2.91. The number of nitrogens with zero attached hydrogens (tertiary/aromatic N) is 2. The van der Waals surface area contributed by atoms with Crippen LogP contribution >= 0.6 is 11.8 Å². The second-order valence-electron chi connectivity index (χ2n) is 7.58. The highest BCUT2D eigenvalue weighted by molar-refractivity contribution is 8.00. The number of rotatable bonds is 7. The number of hydrogen-bond acceptors (Lipinski definition) is 5. The lowest BCUT2D eigenvalue weighted by atomic mass is 9.95. The number of carbonyl (C=O) groups is 1. The van der Waals surface area contributed by atoms with Crippen LogP contribution in [-0.4, -0.2) is 34.9 Å². The first-order valence-corrected chi connectivity index (χ1v) is 11.1. The van der Waals surface area contributed by atoms with Gasteiger partial charge in [-0.25, -0.2) is 4.98 Å². The highest BCUT2D eigenvalue weighted by Gasteiger charge is 2.25. The monoisotopic (exact) mass is 417 g/mol. The van der Waals surface area contributed by atoms with Crippen LogP contribution in [0.4, 0.5) is 5.69 Å². The molecule has 0 radical (unpaired) electrons. The van der Waals surface area contributed by atoms with Gasteiger partial charge in [-0.1, -0.05) is 31.0 Å². The fourth-order valence-corrected chi connectivity index (χ4v) is 4.85. The summed E-state index contributed by atoms with van der Waals surface area (Å²) < 4.78 is 12.9. The van der Waals surface area contributed by atoms with Crippen molar-refractivity contribution < 1.29 is 14.3 Å². The van der Waals surface area contributed by atoms with Gasteiger partial charge in [0.1, 0.15) is 11.5 Å². The molecule has 6 nitrogen and oxygen atoms in total. The maximum absolute atomic E-state index is 12.8. The second-order valence-corrected chi connectivity index (χ2v) is 8.89. The number of thioether (sulfide) groups is 1. The molecule has 1 atom stereocenters. The Labute approximate surface area is 177 Å². The summed E-state index contributed by atoms with van der Waals surface area (Å²) >= 11 is 1.52. The van der Waals surface area contributed by atoms with Gasteiger partial charge in [-0.3, -0.25) is 4.79 Å². The van der Waals surface area contributed by atoms with E-state index >= 15 is 0 Å². The third-order valence-electron chi connectivity index (χ3n) is 5.56. The van der Waals surface area contributed by atoms with E-state index in [1.165, 1.54) is 49.6 Å². The standard InChI is InChI=1S/C22H31N3O3S/c1-14-15(2)25(18-9-7-6-8-10-18)22(23-14)29-16(3)21(26)24-17-11-19(27-4)13-20(12-17)28-5/h11-13,16,18H,6-10H2,1-5H3,(H,24,26). The fourth-order valence-electron chi connectivity index (χ4n) is 3.78. The molecule has 1 aromatic heterocycles. The van der Waals surface area contributed by atoms with Crippen molar-refractivity contribution >= 4 is 23.4 Å². The summed E-state index contributed by atoms with van der Waals surface area (Å²) in [4.78, 5) is 17.6. The Bertz CT molecular complexity index is 837. The normalized spacial score (nSPS) is 15.8. The Morgan fingerprint density at radius 2 is 1.76 bits per heavy atom. The Kier molecular flexibility index (Phi) is 7.11. The van der Waals surface area contributed by atoms with Crippen LogP contribution in [0.25, 0.3) is 0 Å². The topological polar surface area (TPSA) is 65.4 Å². The van der Waals surface area contributed by atoms with E-state index in [2.05, 4.69) is 16.8 Å². The van der Waals surface area contributed by atoms with Crippen molar-refractivity contribution in [2.24, 2.45) is 0 Å². The van der Waals surface area contributed by atoms with Crippen LogP contribution in [0.3, 0.4) is 0 Å². The molecule has 1 saturated carbocycles. The molecular weight excluding hydrogens is 386 g/mol. The third-order valence-corrected chi connectivity index (χ3v) is 6.63. The lowest BCUT2D eigenvalue weighted by Crippen LogP contribution is -2.23. The number of benzene rings is 1. The molecule has 1 amide bonds. The third kappa shape index (κ3) is 5.07. The van der Waals surface area contributed by atoms with Crippen molar-refractivity contribution in [3.05, 3.63) is 29.6 Å². The zero-order valence-corrected chi connectivity index (χ0v) is 18.8. The van der Waals surface area contributed by atoms with Crippen LogP contribution < -0.4 is 14.8 Å². The predicted molar refractivity (Wildman–Crippen MR) is 117 cm³/mol. The van der Waals surface area contributed by atoms with Crippen LogP contribution in [0.5, 0.6) is 11.5 Å². The van der Waals surface area contributed by atoms with Gasteiger partial charge in [0, 0.05) is 35.6 Å². The van der Waals surface area contributed by atoms with Gasteiger partial charge in [0.15, 0.2) is 5.16 Å². The number of amides is 1. The molecule has 1 aliphatic carbocycles. The summed E-state index contributed by atoms with van der Waals surface area (Å²) in [6, 6.07) is 5.84. The van der Waals surface area contributed by atoms with Crippen molar-refractivity contribution in [3.63, 3.8) is 0 Å². The molecule has 1 aliphatic rings. The molecule has 158 valence electrons. The maximum Gasteiger partial charge on any atom is 0.237 e. The van der Waals surface area contributed by atoms with Gasteiger partial charge < -0.3 is 19.4 Å². The SMILES string of the molecule is COc1cc(NC(=O)C(C)Sc2nc(C)c(C)n2C2CCCCC2)cc(OC)c1. The van der Waals surface area contributed by atoms with Crippen LogP contribution in [-0.2, 0) is 4.79 Å². The van der Waals surface area contributed by atoms with Gasteiger partial charge in [-0.05, 0) is 33.6 Å². The lowest BCUT2D eigenvalue weighted by Gasteiger charge is -2.26. The molecular formula is C22H31N3O3S. The summed E-state index contributed by atoms with van der Waals surface area (Å²) in [5, 5.41) is 3.64. The molecule has 1 heterocycles. The average Bonchev–Trinajstić information content (AvgIpc) is 3.01. The van der Waals surface area contributed by atoms with E-state index < -0.39 is 0 Å². The molecule has 0 saturated heterocycles. The van der Waals surface area contributed by atoms with Gasteiger partial charge >= 0.3 is 0 Å². The van der Waals surface area contributed by atoms with Gasteiger partial charge in [0.25, 0.3) is 0 Å². The quantitative estimate of drug-likeness (QED) is 0.632. The number of carbonyl (C=O) groups excluding carboxylic acids is 1. The van der Waals surface area contributed by atoms with E-state index in [1.807, 2.05) is 13.8 Å². The Balaban J connectivity index is 1.74. The van der Waals surface area contributed by atoms with Crippen molar-refractivity contribution in [1.82, 2.24) is 9.55 Å². The molecule has 3 rings (SSSR count). The zero-order valence-electron chi connectivity index (χ0n) is 17.9. The Hall–Kier alpha value is -2.15. The summed E-state index contributed by atoms with van der Waals surface area (Å²) in [7, 11) is 3.18. The van der Waals surface area contributed by atoms with Crippen LogP contribution in [0, 0.1) is 13.8 Å². The van der Waals surface area contributed by atoms with Crippen LogP contribution in [0.1, 0.15) is 56.5 Å². The molecule has 1 fully saturated rings. The van der Waals surface area contributed by atoms with E-state index in [9.17, 15) is 4.79 Å². The number of ether oxygens (including phenoxy) is 2. The number of methoxy groups -OCH3 is 2. The van der Waals surface area contributed by atoms with E-state index in [-0.39, 0.29) is 11.2 Å². The van der Waals surface area contributed by atoms with Gasteiger partial charge in [-0.2, -0.15) is 0 Å². The van der Waals surface area contributed by atoms with Crippen molar-refractivity contribution in [1.29, 1.82) is 0 Å². The summed E-state index contributed by atoms with van der Waals surface area (Å²) in [5.74, 6) is 1.21. The van der Waals surface area contributed by atoms with Crippen molar-refractivity contribution in [2.45, 2.75) is 69.3 Å². The number of anilines is 1. The van der Waals surface area contributed by atoms with Gasteiger partial charge in [0.05, 0.1) is 25.2 Å². The number of aromatic nitrogens is 2. The molecule has 29 heavy (non-hydrogen) atoms. The Morgan fingerprint density at radius 1 is 1.14 bits per heavy atom. The largest absolute Gasteiger partial charge is 0.497 e. The number of nitrogens with one attached hydrogen (secondary N) is 1. The summed E-state index contributed by atoms with van der Waals surface area (Å²) in [6.07, 6.45) is 6.22. The minimum Gasteiger partial charge on any atom is -0.497 e. The van der Waals surface area contributed by atoms with E-state index in [0.29, 0.717) is 23.2 Å². The first-order valence-electron chi connectivity index (χ1n) is 10.2. The van der Waals surface area contributed by atoms with Crippen LogP contribution in [0.15, 0.2) is 23.4 Å². The van der Waals surface area contributed by atoms with Crippen LogP contribution in [0.2, 0.25) is 0 Å². The van der Waals surface area contributed by atoms with Gasteiger partial charge in [0.2, 0.25) is 5.91 Å². The first kappa shape index (κ1) is 21.6. The fraction of sp³-hybridized carbons (Fsp3) is 0.545. The summed E-state index contributed by atoms with van der Waals surface area (Å²) in [6.45, 7) is 6.10. The minimum atomic E-state index is -0.282. The molecule has 7 heteroatoms. The zero-order chi connectivity index (χ0) is 21.0. The smallest absolute Gasteiger partial charge is 0.237 e. The molecule has 0 bridgehead atoms. The highest BCUT2D eigenvalue weighted by atomic mass is 32.2. The number of imidazole rings is 1. The second kappa shape index (κ2) is 9.57. The van der Waals surface area contributed by atoms with E-state index in [0.717, 1.165) is 10.9 Å². The molecule has 0 spiro atoms. The molecule has 2 aromatic rings. The Morgan fingerprint density at radius 3 is 2.34 bits per heavy atom. The van der Waals surface area contributed by atoms with Crippen molar-refractivity contribution in [2.75, 3.05) is 19.5 Å². The van der Waals surface area contributed by atoms with Gasteiger partial charge in [-0.15, -0.1) is 0 Å². The molecule has 0 aliphatic heterocycles. The highest BCUT2D eigenvalue weighted by Crippen LogP contribution is 2.35. The number of hydrogen-bond donors (Lipinski definition) is 1. The predicted octanol–water partition coefficient (Wildman–Crippen LogP) is 5.14. The lowest BCUT2D eigenvalue weighted by molar-refractivity contribution is -0.115. The molecule has 1 N–H and O–H groups in total. The molecule has 1 unspecified atom stereocenters. The molecule has 1 aromatic carbocycles. The first-order chi connectivity index (χ1) is 13.9. The maximum atomic E-state index is 12.8. The average molecular weight is 418 g/mol. The minimum absolute atomic E-state index is 0.0705.